The zero-order valence-electron chi connectivity index (χ0n) is 31.8. The Labute approximate surface area is 352 Å². The van der Waals surface area contributed by atoms with Gasteiger partial charge in [0.15, 0.2) is 0 Å². The van der Waals surface area contributed by atoms with E-state index in [4.69, 9.17) is 9.97 Å². The molecule has 0 N–H and O–H groups in total. The van der Waals surface area contributed by atoms with Gasteiger partial charge in [-0.3, -0.25) is 0 Å². The van der Waals surface area contributed by atoms with Crippen molar-refractivity contribution < 1.29 is 8.78 Å². The molecule has 0 spiro atoms. The molecular weight excluding hydrogens is 783 g/mol. The Kier molecular flexibility index (Phi) is 8.87. The van der Waals surface area contributed by atoms with Crippen molar-refractivity contribution in [1.82, 2.24) is 9.97 Å². The molecule has 0 aliphatic carbocycles. The molecule has 0 aliphatic rings. The SMILES string of the molecule is Fc1ccc(N(c2ccc3c(ccc4cc(N(c5ccc(F)cc5)c5ccc6nc(-c7ccccc7)sc6c5)ccc43)c2)c2ccc3nc(-c4ccccc4)sc3c2)cc1. The lowest BCUT2D eigenvalue weighted by molar-refractivity contribution is 0.627. The van der Waals surface area contributed by atoms with Crippen molar-refractivity contribution in [2.45, 2.75) is 0 Å². The van der Waals surface area contributed by atoms with Gasteiger partial charge in [0.25, 0.3) is 0 Å². The first kappa shape index (κ1) is 35.9. The van der Waals surface area contributed by atoms with E-state index >= 15 is 0 Å². The lowest BCUT2D eigenvalue weighted by atomic mass is 10.00. The highest BCUT2D eigenvalue weighted by Crippen LogP contribution is 2.43. The van der Waals surface area contributed by atoms with Gasteiger partial charge < -0.3 is 9.80 Å². The highest BCUT2D eigenvalue weighted by atomic mass is 32.1. The second-order valence-electron chi connectivity index (χ2n) is 14.6. The van der Waals surface area contributed by atoms with Crippen LogP contribution in [-0.2, 0) is 0 Å². The molecular formula is C52H32F2N4S2. The van der Waals surface area contributed by atoms with Crippen molar-refractivity contribution in [2.24, 2.45) is 0 Å². The number of aromatic nitrogens is 2. The van der Waals surface area contributed by atoms with Crippen LogP contribution in [0.25, 0.3) is 63.1 Å². The molecule has 60 heavy (non-hydrogen) atoms. The molecule has 0 saturated heterocycles. The van der Waals surface area contributed by atoms with Gasteiger partial charge in [0, 0.05) is 45.3 Å². The number of thiazole rings is 2. The van der Waals surface area contributed by atoms with Gasteiger partial charge in [-0.15, -0.1) is 22.7 Å². The minimum atomic E-state index is -0.285. The number of hydrogen-bond donors (Lipinski definition) is 0. The Hall–Kier alpha value is -7.26. The smallest absolute Gasteiger partial charge is 0.124 e. The summed E-state index contributed by atoms with van der Waals surface area (Å²) in [7, 11) is 0. The van der Waals surface area contributed by atoms with Crippen molar-refractivity contribution >= 4 is 98.8 Å². The Balaban J connectivity index is 0.984. The molecule has 0 bridgehead atoms. The summed E-state index contributed by atoms with van der Waals surface area (Å²) < 4.78 is 30.6. The van der Waals surface area contributed by atoms with Gasteiger partial charge in [-0.1, -0.05) is 84.9 Å². The van der Waals surface area contributed by atoms with Crippen LogP contribution >= 0.6 is 22.7 Å². The summed E-state index contributed by atoms with van der Waals surface area (Å²) in [6, 6.07) is 63.6. The van der Waals surface area contributed by atoms with Gasteiger partial charge in [-0.05, 0) is 131 Å². The van der Waals surface area contributed by atoms with E-state index in [-0.39, 0.29) is 11.6 Å². The lowest BCUT2D eigenvalue weighted by Gasteiger charge is -2.26. The second-order valence-corrected chi connectivity index (χ2v) is 16.6. The number of rotatable bonds is 8. The van der Waals surface area contributed by atoms with Crippen LogP contribution in [0.15, 0.2) is 194 Å². The van der Waals surface area contributed by atoms with Crippen molar-refractivity contribution in [3.05, 3.63) is 206 Å². The van der Waals surface area contributed by atoms with E-state index in [9.17, 15) is 8.78 Å². The second kappa shape index (κ2) is 14.8. The summed E-state index contributed by atoms with van der Waals surface area (Å²) in [4.78, 5) is 14.2. The lowest BCUT2D eigenvalue weighted by Crippen LogP contribution is -2.10. The first-order chi connectivity index (χ1) is 29.5. The highest BCUT2D eigenvalue weighted by Gasteiger charge is 2.19. The number of hydrogen-bond acceptors (Lipinski definition) is 6. The largest absolute Gasteiger partial charge is 0.310 e. The quantitative estimate of drug-likeness (QED) is 0.143. The minimum absolute atomic E-state index is 0.285. The predicted octanol–water partition coefficient (Wildman–Crippen LogP) is 15.8. The Bertz CT molecular complexity index is 3120. The maximum absolute atomic E-state index is 14.2. The zero-order valence-corrected chi connectivity index (χ0v) is 33.5. The van der Waals surface area contributed by atoms with Gasteiger partial charge in [0.05, 0.1) is 20.4 Å². The average Bonchev–Trinajstić information content (AvgIpc) is 3.93. The molecule has 0 atom stereocenters. The predicted molar refractivity (Wildman–Crippen MR) is 248 cm³/mol. The summed E-state index contributed by atoms with van der Waals surface area (Å²) >= 11 is 3.32. The van der Waals surface area contributed by atoms with E-state index in [0.29, 0.717) is 0 Å². The summed E-state index contributed by atoms with van der Waals surface area (Å²) in [6.07, 6.45) is 0. The number of benzene rings is 9. The van der Waals surface area contributed by atoms with Crippen LogP contribution in [0, 0.1) is 11.6 Å². The first-order valence-corrected chi connectivity index (χ1v) is 21.1. The molecule has 4 nitrogen and oxygen atoms in total. The Morgan fingerprint density at radius 2 is 0.717 bits per heavy atom. The number of anilines is 6. The summed E-state index contributed by atoms with van der Waals surface area (Å²) in [5.41, 5.74) is 9.55. The van der Waals surface area contributed by atoms with Crippen molar-refractivity contribution in [3.63, 3.8) is 0 Å². The molecule has 0 saturated carbocycles. The molecule has 0 amide bonds. The topological polar surface area (TPSA) is 32.3 Å². The summed E-state index contributed by atoms with van der Waals surface area (Å²) in [5.74, 6) is -0.569. The molecule has 0 radical (unpaired) electrons. The zero-order chi connectivity index (χ0) is 40.2. The third kappa shape index (κ3) is 6.62. The number of fused-ring (bicyclic) bond motifs is 5. The summed E-state index contributed by atoms with van der Waals surface area (Å²) in [5, 5.41) is 6.31. The standard InChI is InChI=1S/C52H32F2N4S2/c53-37-13-17-39(18-14-37)57(43-23-27-47-49(31-43)59-51(55-47)33-7-3-1-4-8-33)41-21-25-45-35(29-41)11-12-36-30-42(22-26-46(36)45)58(40-19-15-38(54)16-20-40)44-24-28-48-50(32-44)60-52(56-48)34-9-5-2-6-10-34/h1-32H. The Morgan fingerprint density at radius 1 is 0.350 bits per heavy atom. The molecule has 11 aromatic rings. The van der Waals surface area contributed by atoms with Crippen LogP contribution in [0.1, 0.15) is 0 Å². The third-order valence-corrected chi connectivity index (χ3v) is 12.9. The fourth-order valence-electron chi connectivity index (χ4n) is 7.91. The average molecular weight is 815 g/mol. The molecule has 2 heterocycles. The highest BCUT2D eigenvalue weighted by molar-refractivity contribution is 7.22. The van der Waals surface area contributed by atoms with Gasteiger partial charge in [0.2, 0.25) is 0 Å². The fourth-order valence-corrected chi connectivity index (χ4v) is 9.92. The molecule has 0 fully saturated rings. The van der Waals surface area contributed by atoms with E-state index in [0.717, 1.165) is 97.2 Å². The van der Waals surface area contributed by atoms with Gasteiger partial charge in [-0.2, -0.15) is 0 Å². The molecule has 286 valence electrons. The summed E-state index contributed by atoms with van der Waals surface area (Å²) in [6.45, 7) is 0. The maximum atomic E-state index is 14.2. The van der Waals surface area contributed by atoms with Crippen LogP contribution in [0.5, 0.6) is 0 Å². The molecule has 0 unspecified atom stereocenters. The molecule has 0 aliphatic heterocycles. The van der Waals surface area contributed by atoms with E-state index in [1.807, 2.05) is 60.7 Å². The van der Waals surface area contributed by atoms with Crippen LogP contribution in [0.3, 0.4) is 0 Å². The van der Waals surface area contributed by atoms with Crippen LogP contribution < -0.4 is 9.80 Å². The molecule has 8 heteroatoms. The van der Waals surface area contributed by atoms with Crippen LogP contribution in [-0.4, -0.2) is 9.97 Å². The molecule has 11 rings (SSSR count). The van der Waals surface area contributed by atoms with E-state index in [1.54, 1.807) is 22.7 Å². The fraction of sp³-hybridized carbons (Fsp3) is 0. The van der Waals surface area contributed by atoms with Crippen LogP contribution in [0.4, 0.5) is 42.9 Å². The number of halogens is 2. The van der Waals surface area contributed by atoms with Crippen molar-refractivity contribution in [3.8, 4) is 21.1 Å². The number of nitrogens with zero attached hydrogens (tertiary/aromatic N) is 4. The first-order valence-electron chi connectivity index (χ1n) is 19.5. The molecule has 2 aromatic heterocycles. The molecule has 9 aromatic carbocycles. The maximum Gasteiger partial charge on any atom is 0.124 e. The third-order valence-electron chi connectivity index (χ3n) is 10.8. The van der Waals surface area contributed by atoms with Gasteiger partial charge in [-0.25, -0.2) is 18.7 Å². The van der Waals surface area contributed by atoms with E-state index in [2.05, 4.69) is 119 Å². The van der Waals surface area contributed by atoms with Crippen LogP contribution in [0.2, 0.25) is 0 Å². The van der Waals surface area contributed by atoms with Gasteiger partial charge >= 0.3 is 0 Å². The van der Waals surface area contributed by atoms with E-state index < -0.39 is 0 Å². The Morgan fingerprint density at radius 3 is 1.13 bits per heavy atom. The van der Waals surface area contributed by atoms with Gasteiger partial charge in [0.1, 0.15) is 21.6 Å². The van der Waals surface area contributed by atoms with Crippen molar-refractivity contribution in [1.29, 1.82) is 0 Å². The monoisotopic (exact) mass is 814 g/mol. The van der Waals surface area contributed by atoms with Crippen molar-refractivity contribution in [2.75, 3.05) is 9.80 Å². The minimum Gasteiger partial charge on any atom is -0.310 e. The normalized spacial score (nSPS) is 11.5. The van der Waals surface area contributed by atoms with E-state index in [1.165, 1.54) is 24.3 Å².